The highest BCUT2D eigenvalue weighted by Crippen LogP contribution is 2.23. The van der Waals surface area contributed by atoms with Crippen molar-refractivity contribution in [2.24, 2.45) is 0 Å². The van der Waals surface area contributed by atoms with Crippen molar-refractivity contribution >= 4 is 21.6 Å². The predicted octanol–water partition coefficient (Wildman–Crippen LogP) is 0.966. The van der Waals surface area contributed by atoms with Crippen LogP contribution in [0.5, 0.6) is 0 Å². The lowest BCUT2D eigenvalue weighted by molar-refractivity contribution is 0.242. The van der Waals surface area contributed by atoms with Gasteiger partial charge in [-0.2, -0.15) is 5.10 Å². The highest BCUT2D eigenvalue weighted by atomic mass is 32.2. The van der Waals surface area contributed by atoms with Crippen molar-refractivity contribution in [3.05, 3.63) is 36.9 Å². The van der Waals surface area contributed by atoms with Crippen LogP contribution < -0.4 is 10.6 Å². The normalized spacial score (nSPS) is 22.7. The third-order valence-corrected chi connectivity index (χ3v) is 5.61. The Morgan fingerprint density at radius 1 is 1.39 bits per heavy atom. The number of amides is 2. The molecule has 1 aliphatic rings. The molecular weight excluding hydrogens is 318 g/mol. The number of hydrogen-bond donors (Lipinski definition) is 2. The lowest BCUT2D eigenvalue weighted by atomic mass is 10.0. The summed E-state index contributed by atoms with van der Waals surface area (Å²) in [6, 6.07) is 6.69. The molecule has 0 spiro atoms. The zero-order chi connectivity index (χ0) is 16.5. The second kappa shape index (κ2) is 5.65. The Labute approximate surface area is 133 Å². The monoisotopic (exact) mass is 335 g/mol. The average Bonchev–Trinajstić information content (AvgIpc) is 3.07. The molecule has 2 N–H and O–H groups in total. The van der Waals surface area contributed by atoms with Crippen LogP contribution in [0.25, 0.3) is 5.69 Å². The molecule has 1 aromatic carbocycles. The van der Waals surface area contributed by atoms with Crippen molar-refractivity contribution in [2.45, 2.75) is 18.9 Å². The first-order valence-corrected chi connectivity index (χ1v) is 8.92. The summed E-state index contributed by atoms with van der Waals surface area (Å²) < 4.78 is 24.7. The first kappa shape index (κ1) is 15.5. The summed E-state index contributed by atoms with van der Waals surface area (Å²) in [5.41, 5.74) is 0.613. The van der Waals surface area contributed by atoms with Crippen molar-refractivity contribution in [3.8, 4) is 5.69 Å². The molecule has 1 saturated heterocycles. The summed E-state index contributed by atoms with van der Waals surface area (Å²) in [4.78, 5) is 16.0. The van der Waals surface area contributed by atoms with Gasteiger partial charge >= 0.3 is 6.03 Å². The summed E-state index contributed by atoms with van der Waals surface area (Å²) in [6.07, 6.45) is 3.40. The van der Waals surface area contributed by atoms with Gasteiger partial charge in [-0.05, 0) is 31.5 Å². The van der Waals surface area contributed by atoms with E-state index >= 15 is 0 Å². The summed E-state index contributed by atoms with van der Waals surface area (Å²) >= 11 is 0. The Morgan fingerprint density at radius 2 is 2.22 bits per heavy atom. The van der Waals surface area contributed by atoms with Gasteiger partial charge in [-0.25, -0.2) is 22.9 Å². The topological polar surface area (TPSA) is 106 Å². The Kier molecular flexibility index (Phi) is 3.80. The van der Waals surface area contributed by atoms with E-state index in [0.717, 1.165) is 5.69 Å². The summed E-state index contributed by atoms with van der Waals surface area (Å²) in [5, 5.41) is 9.49. The van der Waals surface area contributed by atoms with Gasteiger partial charge in [-0.3, -0.25) is 0 Å². The van der Waals surface area contributed by atoms with E-state index in [0.29, 0.717) is 12.1 Å². The number of hydrogen-bond acceptors (Lipinski definition) is 5. The van der Waals surface area contributed by atoms with Crippen molar-refractivity contribution in [3.63, 3.8) is 0 Å². The summed E-state index contributed by atoms with van der Waals surface area (Å²) in [6.45, 7) is 1.74. The van der Waals surface area contributed by atoms with Crippen molar-refractivity contribution in [1.82, 2.24) is 20.1 Å². The van der Waals surface area contributed by atoms with Crippen LogP contribution in [-0.4, -0.2) is 46.3 Å². The number of anilines is 1. The molecule has 0 bridgehead atoms. The number of nitrogens with zero attached hydrogens (tertiary/aromatic N) is 3. The zero-order valence-corrected chi connectivity index (χ0v) is 13.4. The molecule has 3 rings (SSSR count). The molecule has 9 heteroatoms. The largest absolute Gasteiger partial charge is 0.332 e. The van der Waals surface area contributed by atoms with Gasteiger partial charge in [-0.15, -0.1) is 0 Å². The summed E-state index contributed by atoms with van der Waals surface area (Å²) in [5.74, 6) is 0.0674. The van der Waals surface area contributed by atoms with Crippen molar-refractivity contribution in [2.75, 3.05) is 16.8 Å². The van der Waals surface area contributed by atoms with Crippen LogP contribution in [0, 0.1) is 0 Å². The minimum atomic E-state index is -3.07. The molecule has 23 heavy (non-hydrogen) atoms. The molecule has 8 nitrogen and oxygen atoms in total. The van der Waals surface area contributed by atoms with Gasteiger partial charge in [0.05, 0.1) is 22.7 Å². The smallest absolute Gasteiger partial charge is 0.319 e. The third-order valence-electron chi connectivity index (χ3n) is 3.71. The maximum absolute atomic E-state index is 12.1. The van der Waals surface area contributed by atoms with E-state index in [2.05, 4.69) is 20.7 Å². The van der Waals surface area contributed by atoms with E-state index in [1.165, 1.54) is 6.33 Å². The minimum Gasteiger partial charge on any atom is -0.332 e. The molecular formula is C14H17N5O3S. The van der Waals surface area contributed by atoms with E-state index in [4.69, 9.17) is 0 Å². The Morgan fingerprint density at radius 3 is 2.87 bits per heavy atom. The van der Waals surface area contributed by atoms with Crippen LogP contribution in [0.2, 0.25) is 0 Å². The maximum Gasteiger partial charge on any atom is 0.319 e. The van der Waals surface area contributed by atoms with Crippen molar-refractivity contribution < 1.29 is 13.2 Å². The van der Waals surface area contributed by atoms with E-state index in [1.54, 1.807) is 36.1 Å². The molecule has 0 saturated carbocycles. The number of carbonyl (C=O) groups is 1. The molecule has 1 atom stereocenters. The summed E-state index contributed by atoms with van der Waals surface area (Å²) in [7, 11) is -3.07. The highest BCUT2D eigenvalue weighted by Gasteiger charge is 2.39. The highest BCUT2D eigenvalue weighted by molar-refractivity contribution is 7.91. The van der Waals surface area contributed by atoms with Crippen LogP contribution in [0.3, 0.4) is 0 Å². The van der Waals surface area contributed by atoms with E-state index in [1.807, 2.05) is 6.07 Å². The van der Waals surface area contributed by atoms with E-state index in [9.17, 15) is 13.2 Å². The van der Waals surface area contributed by atoms with E-state index in [-0.39, 0.29) is 11.5 Å². The zero-order valence-electron chi connectivity index (χ0n) is 12.6. The lowest BCUT2D eigenvalue weighted by Gasteiger charge is -2.24. The van der Waals surface area contributed by atoms with Gasteiger partial charge in [0.1, 0.15) is 12.7 Å². The Balaban J connectivity index is 1.68. The Bertz CT molecular complexity index is 819. The number of benzene rings is 1. The fourth-order valence-electron chi connectivity index (χ4n) is 2.61. The number of aromatic nitrogens is 3. The fraction of sp³-hybridized carbons (Fsp3) is 0.357. The van der Waals surface area contributed by atoms with Crippen LogP contribution in [-0.2, 0) is 9.84 Å². The molecule has 0 aliphatic carbocycles. The molecule has 122 valence electrons. The van der Waals surface area contributed by atoms with Gasteiger partial charge in [0, 0.05) is 5.69 Å². The average molecular weight is 335 g/mol. The molecule has 2 amide bonds. The number of carbonyl (C=O) groups excluding carboxylic acids is 1. The predicted molar refractivity (Wildman–Crippen MR) is 85.2 cm³/mol. The molecule has 2 aromatic rings. The first-order chi connectivity index (χ1) is 10.9. The van der Waals surface area contributed by atoms with Crippen molar-refractivity contribution in [1.29, 1.82) is 0 Å². The van der Waals surface area contributed by atoms with Crippen LogP contribution in [0.15, 0.2) is 36.9 Å². The number of urea groups is 1. The number of rotatable bonds is 3. The lowest BCUT2D eigenvalue weighted by Crippen LogP contribution is -2.48. The third kappa shape index (κ3) is 3.67. The van der Waals surface area contributed by atoms with Gasteiger partial charge in [0.25, 0.3) is 0 Å². The number of nitrogens with one attached hydrogen (secondary N) is 2. The molecule has 2 heterocycles. The van der Waals surface area contributed by atoms with Gasteiger partial charge in [-0.1, -0.05) is 6.07 Å². The molecule has 1 aliphatic heterocycles. The van der Waals surface area contributed by atoms with Crippen LogP contribution in [0.4, 0.5) is 10.5 Å². The van der Waals surface area contributed by atoms with Crippen LogP contribution >= 0.6 is 0 Å². The molecule has 1 fully saturated rings. The van der Waals surface area contributed by atoms with Gasteiger partial charge in [0.2, 0.25) is 0 Å². The van der Waals surface area contributed by atoms with Gasteiger partial charge < -0.3 is 10.6 Å². The molecule has 1 unspecified atom stereocenters. The van der Waals surface area contributed by atoms with Gasteiger partial charge in [0.15, 0.2) is 9.84 Å². The van der Waals surface area contributed by atoms with Crippen LogP contribution in [0.1, 0.15) is 13.3 Å². The first-order valence-electron chi connectivity index (χ1n) is 7.10. The molecule has 1 aromatic heterocycles. The standard InChI is InChI=1S/C14H17N5O3S/c1-14(5-6-23(21,22)8-14)18-13(20)17-11-3-2-4-12(7-11)19-10-15-9-16-19/h2-4,7,9-10H,5-6,8H2,1H3,(H2,17,18,20). The fourth-order valence-corrected chi connectivity index (χ4v) is 4.71. The second-order valence-corrected chi connectivity index (χ2v) is 8.06. The SMILES string of the molecule is CC1(NC(=O)Nc2cccc(-n3cncn3)c2)CCS(=O)(=O)C1. The Hall–Kier alpha value is -2.42. The second-order valence-electron chi connectivity index (χ2n) is 5.87. The quantitative estimate of drug-likeness (QED) is 0.869. The van der Waals surface area contributed by atoms with E-state index < -0.39 is 21.4 Å². The minimum absolute atomic E-state index is 0.0353. The molecule has 0 radical (unpaired) electrons. The number of sulfone groups is 1. The maximum atomic E-state index is 12.1.